The lowest BCUT2D eigenvalue weighted by atomic mass is 9.63. The predicted molar refractivity (Wildman–Crippen MR) is 175 cm³/mol. The number of benzene rings is 1. The molecule has 250 valence electrons. The molecular formula is C33H49BN6O6. The molecule has 2 saturated heterocycles. The Bertz CT molecular complexity index is 1390. The highest BCUT2D eigenvalue weighted by molar-refractivity contribution is 6.15. The Morgan fingerprint density at radius 3 is 2.54 bits per heavy atom. The monoisotopic (exact) mass is 636 g/mol. The topological polar surface area (TPSA) is 151 Å². The average molecular weight is 637 g/mol. The number of anilines is 1. The van der Waals surface area contributed by atoms with Crippen molar-refractivity contribution in [3.8, 4) is 11.3 Å². The van der Waals surface area contributed by atoms with Gasteiger partial charge in [0.15, 0.2) is 5.60 Å². The van der Waals surface area contributed by atoms with Crippen molar-refractivity contribution in [3.63, 3.8) is 0 Å². The summed E-state index contributed by atoms with van der Waals surface area (Å²) >= 11 is 0. The molecule has 4 rings (SSSR count). The van der Waals surface area contributed by atoms with Crippen molar-refractivity contribution in [3.05, 3.63) is 30.5 Å². The van der Waals surface area contributed by atoms with Crippen LogP contribution in [0.2, 0.25) is 5.82 Å². The number of carbonyl (C=O) groups excluding carboxylic acids is 3. The van der Waals surface area contributed by atoms with E-state index in [1.807, 2.05) is 58.2 Å². The van der Waals surface area contributed by atoms with Crippen LogP contribution in [-0.4, -0.2) is 95.2 Å². The quantitative estimate of drug-likeness (QED) is 0.144. The normalized spacial score (nSPS) is 32.8. The van der Waals surface area contributed by atoms with Gasteiger partial charge in [0.1, 0.15) is 23.5 Å². The predicted octanol–water partition coefficient (Wildman–Crippen LogP) is 3.79. The number of hydrogen-bond acceptors (Lipinski definition) is 10. The highest BCUT2D eigenvalue weighted by Gasteiger charge is 2.58. The van der Waals surface area contributed by atoms with Crippen LogP contribution in [0.1, 0.15) is 67.2 Å². The third kappa shape index (κ3) is 7.25. The van der Waals surface area contributed by atoms with Crippen molar-refractivity contribution >= 4 is 31.4 Å². The summed E-state index contributed by atoms with van der Waals surface area (Å²) in [5, 5.41) is 12.1. The number of ketones is 1. The summed E-state index contributed by atoms with van der Waals surface area (Å²) in [6.45, 7) is 12.4. The van der Waals surface area contributed by atoms with Gasteiger partial charge in [0.25, 0.3) is 0 Å². The van der Waals surface area contributed by atoms with Gasteiger partial charge in [-0.3, -0.25) is 19.2 Å². The van der Waals surface area contributed by atoms with Crippen molar-refractivity contribution in [2.75, 3.05) is 25.9 Å². The Hall–Kier alpha value is -3.45. The Kier molecular flexibility index (Phi) is 11.2. The second kappa shape index (κ2) is 14.5. The minimum absolute atomic E-state index is 0.239. The Morgan fingerprint density at radius 1 is 1.15 bits per heavy atom. The van der Waals surface area contributed by atoms with E-state index < -0.39 is 53.1 Å². The molecule has 1 amide bonds. The lowest BCUT2D eigenvalue weighted by molar-refractivity contribution is -0.170. The second-order valence-electron chi connectivity index (χ2n) is 13.2. The van der Waals surface area contributed by atoms with Crippen LogP contribution in [0.5, 0.6) is 0 Å². The van der Waals surface area contributed by atoms with Crippen molar-refractivity contribution in [2.24, 2.45) is 11.8 Å². The summed E-state index contributed by atoms with van der Waals surface area (Å²) < 4.78 is 19.7. The van der Waals surface area contributed by atoms with E-state index in [0.717, 1.165) is 17.7 Å². The fraction of sp³-hybridized carbons (Fsp3) is 0.667. The summed E-state index contributed by atoms with van der Waals surface area (Å²) in [5.41, 5.74) is 6.21. The van der Waals surface area contributed by atoms with Crippen molar-refractivity contribution in [2.45, 2.75) is 109 Å². The number of hydrogen-bond donors (Lipinski definition) is 2. The average Bonchev–Trinajstić information content (AvgIpc) is 3.61. The molecule has 1 aromatic heterocycles. The van der Waals surface area contributed by atoms with Crippen molar-refractivity contribution in [1.29, 1.82) is 0 Å². The van der Waals surface area contributed by atoms with Gasteiger partial charge in [-0.2, -0.15) is 0 Å². The molecule has 2 aliphatic heterocycles. The fourth-order valence-electron chi connectivity index (χ4n) is 6.91. The maximum atomic E-state index is 13.5. The number of cyclic esters (lactones) is 1. The van der Waals surface area contributed by atoms with E-state index in [2.05, 4.69) is 15.6 Å². The highest BCUT2D eigenvalue weighted by Crippen LogP contribution is 2.40. The molecule has 46 heavy (non-hydrogen) atoms. The molecule has 2 fully saturated rings. The summed E-state index contributed by atoms with van der Waals surface area (Å²) in [5.74, 6) is -3.30. The van der Waals surface area contributed by atoms with Crippen LogP contribution in [0.3, 0.4) is 0 Å². The maximum absolute atomic E-state index is 13.5. The Balaban J connectivity index is 1.52. The summed E-state index contributed by atoms with van der Waals surface area (Å²) in [4.78, 5) is 42.0. The second-order valence-corrected chi connectivity index (χ2v) is 13.2. The number of esters is 1. The molecule has 0 spiro atoms. The SMILES string of the molecule is [B][C@@H]1[C@@H](C)C(=O)[C@@H](C)C(=O)O[C@H](CC)[C@@]2(C)OC(=O)N(CCCCn3cc(-c4cccc(N)c4)nn3)[C@@H]2[C@@H](C)NCC[C@@]1(C)OC. The van der Waals surface area contributed by atoms with Gasteiger partial charge < -0.3 is 25.3 Å². The first-order chi connectivity index (χ1) is 21.8. The van der Waals surface area contributed by atoms with Gasteiger partial charge in [0.2, 0.25) is 0 Å². The molecular weight excluding hydrogens is 587 g/mol. The number of nitrogen functional groups attached to an aromatic ring is 1. The lowest BCUT2D eigenvalue weighted by Crippen LogP contribution is -2.61. The molecule has 12 nitrogen and oxygen atoms in total. The van der Waals surface area contributed by atoms with Crippen molar-refractivity contribution < 1.29 is 28.6 Å². The molecule has 0 saturated carbocycles. The first-order valence-electron chi connectivity index (χ1n) is 16.3. The third-order valence-corrected chi connectivity index (χ3v) is 9.99. The molecule has 3 N–H and O–H groups in total. The van der Waals surface area contributed by atoms with Crippen LogP contribution in [0.4, 0.5) is 10.5 Å². The number of Topliss-reactive ketones (excluding diaryl/α,β-unsaturated/α-hetero) is 1. The zero-order valence-corrected chi connectivity index (χ0v) is 28.2. The number of aromatic nitrogens is 3. The van der Waals surface area contributed by atoms with Crippen LogP contribution < -0.4 is 11.1 Å². The zero-order valence-electron chi connectivity index (χ0n) is 28.2. The van der Waals surface area contributed by atoms with Crippen LogP contribution in [0, 0.1) is 11.8 Å². The lowest BCUT2D eigenvalue weighted by Gasteiger charge is -2.42. The summed E-state index contributed by atoms with van der Waals surface area (Å²) in [7, 11) is 8.16. The molecule has 3 heterocycles. The first kappa shape index (κ1) is 35.4. The number of rotatable bonds is 8. The molecule has 0 unspecified atom stereocenters. The molecule has 8 atom stereocenters. The number of fused-ring (bicyclic) bond motifs is 1. The smallest absolute Gasteiger partial charge is 0.410 e. The van der Waals surface area contributed by atoms with Crippen LogP contribution in [0.25, 0.3) is 11.3 Å². The minimum Gasteiger partial charge on any atom is -0.458 e. The minimum atomic E-state index is -1.16. The van der Waals surface area contributed by atoms with Gasteiger partial charge in [-0.05, 0) is 77.9 Å². The third-order valence-electron chi connectivity index (χ3n) is 9.99. The van der Waals surface area contributed by atoms with Crippen molar-refractivity contribution in [1.82, 2.24) is 25.2 Å². The molecule has 2 aliphatic rings. The Morgan fingerprint density at radius 2 is 1.87 bits per heavy atom. The van der Waals surface area contributed by atoms with Gasteiger partial charge in [0.05, 0.1) is 25.7 Å². The number of unbranched alkanes of at least 4 members (excludes halogenated alkanes) is 1. The number of nitrogens with one attached hydrogen (secondary N) is 1. The Labute approximate surface area is 273 Å². The molecule has 2 radical (unpaired) electrons. The molecule has 13 heteroatoms. The molecule has 1 aromatic carbocycles. The number of carbonyl (C=O) groups is 3. The first-order valence-corrected chi connectivity index (χ1v) is 16.3. The van der Waals surface area contributed by atoms with E-state index in [9.17, 15) is 14.4 Å². The number of nitrogens with zero attached hydrogens (tertiary/aromatic N) is 4. The zero-order chi connectivity index (χ0) is 33.8. The van der Waals surface area contributed by atoms with Crippen LogP contribution in [0.15, 0.2) is 30.5 Å². The van der Waals surface area contributed by atoms with Gasteiger partial charge in [-0.25, -0.2) is 4.79 Å². The van der Waals surface area contributed by atoms with Gasteiger partial charge >= 0.3 is 12.1 Å². The van der Waals surface area contributed by atoms with Gasteiger partial charge in [-0.1, -0.05) is 31.2 Å². The number of aryl methyl sites for hydroxylation is 1. The van der Waals surface area contributed by atoms with E-state index in [1.165, 1.54) is 0 Å². The van der Waals surface area contributed by atoms with E-state index in [1.54, 1.807) is 30.5 Å². The largest absolute Gasteiger partial charge is 0.458 e. The number of amides is 1. The van der Waals surface area contributed by atoms with E-state index in [4.69, 9.17) is 27.8 Å². The maximum Gasteiger partial charge on any atom is 0.410 e. The fourth-order valence-corrected chi connectivity index (χ4v) is 6.91. The molecule has 2 aromatic rings. The standard InChI is InChI=1S/C33H49BN6O6/c1-8-26-33(6)29(22(4)36-15-14-32(5,44-7)28(34)20(2)27(41)21(3)30(42)45-26)40(31(43)46-33)17-10-9-16-39-19-25(37-38-39)23-12-11-13-24(35)18-23/h11-13,18-22,26,28-29,36H,8-10,14-17,35H2,1-7H3/t20-,21+,22+,26+,28+,29+,32+,33+/m0/s1. The van der Waals surface area contributed by atoms with E-state index >= 15 is 0 Å². The highest BCUT2D eigenvalue weighted by atomic mass is 16.6. The van der Waals surface area contributed by atoms with Gasteiger partial charge in [-0.15, -0.1) is 5.10 Å². The number of ether oxygens (including phenoxy) is 3. The number of methoxy groups -OCH3 is 1. The molecule has 0 aliphatic carbocycles. The van der Waals surface area contributed by atoms with Gasteiger partial charge in [0, 0.05) is 43.4 Å². The van der Waals surface area contributed by atoms with E-state index in [0.29, 0.717) is 44.6 Å². The summed E-state index contributed by atoms with van der Waals surface area (Å²) in [6.07, 6.45) is 2.97. The van der Waals surface area contributed by atoms with Crippen LogP contribution >= 0.6 is 0 Å². The molecule has 0 bridgehead atoms. The van der Waals surface area contributed by atoms with Crippen LogP contribution in [-0.2, 0) is 30.3 Å². The number of nitrogens with two attached hydrogens (primary N) is 1. The van der Waals surface area contributed by atoms with E-state index in [-0.39, 0.29) is 11.8 Å². The summed E-state index contributed by atoms with van der Waals surface area (Å²) in [6, 6.07) is 6.79.